The van der Waals surface area contributed by atoms with Crippen molar-refractivity contribution in [2.45, 2.75) is 11.8 Å². The fourth-order valence-corrected chi connectivity index (χ4v) is 2.21. The van der Waals surface area contributed by atoms with E-state index in [9.17, 15) is 0 Å². The van der Waals surface area contributed by atoms with Crippen LogP contribution in [0.5, 0.6) is 0 Å². The third-order valence-corrected chi connectivity index (χ3v) is 3.35. The Labute approximate surface area is 104 Å². The topological polar surface area (TPSA) is 18.5 Å². The maximum atomic E-state index is 5.95. The lowest BCUT2D eigenvalue weighted by molar-refractivity contribution is -0.160. The molecule has 0 radical (unpaired) electrons. The van der Waals surface area contributed by atoms with Crippen LogP contribution in [0.1, 0.15) is 5.56 Å². The molecule has 0 N–H and O–H groups in total. The predicted octanol–water partition coefficient (Wildman–Crippen LogP) is 4.39. The van der Waals surface area contributed by atoms with E-state index in [0.717, 1.165) is 20.9 Å². The van der Waals surface area contributed by atoms with Gasteiger partial charge >= 0.3 is 0 Å². The lowest BCUT2D eigenvalue weighted by atomic mass is 10.1. The van der Waals surface area contributed by atoms with Gasteiger partial charge in [0.1, 0.15) is 0 Å². The van der Waals surface area contributed by atoms with Gasteiger partial charge in [0.25, 0.3) is 0 Å². The zero-order valence-electron chi connectivity index (χ0n) is 8.99. The molecule has 0 amide bonds. The van der Waals surface area contributed by atoms with Crippen molar-refractivity contribution in [3.63, 3.8) is 0 Å². The van der Waals surface area contributed by atoms with Crippen LogP contribution in [0, 0.1) is 6.92 Å². The number of benzene rings is 2. The summed E-state index contributed by atoms with van der Waals surface area (Å²) in [6, 6.07) is 9.98. The number of rotatable bonds is 3. The van der Waals surface area contributed by atoms with Crippen LogP contribution in [0.4, 0.5) is 0 Å². The van der Waals surface area contributed by atoms with E-state index < -0.39 is 0 Å². The lowest BCUT2D eigenvalue weighted by Crippen LogP contribution is -1.84. The number of aryl methyl sites for hydroxylation is 1. The predicted molar refractivity (Wildman–Crippen MR) is 67.6 cm³/mol. The number of fused-ring (bicyclic) bond motifs is 1. The van der Waals surface area contributed by atoms with Crippen LogP contribution in [-0.4, -0.2) is 7.11 Å². The second-order valence-electron chi connectivity index (χ2n) is 3.43. The van der Waals surface area contributed by atoms with Gasteiger partial charge in [0.2, 0.25) is 0 Å². The van der Waals surface area contributed by atoms with Crippen molar-refractivity contribution in [1.82, 2.24) is 0 Å². The molecule has 0 unspecified atom stereocenters. The molecule has 0 aliphatic heterocycles. The first-order chi connectivity index (χ1) is 7.70. The summed E-state index contributed by atoms with van der Waals surface area (Å²) in [6.07, 6.45) is 0. The van der Waals surface area contributed by atoms with Crippen molar-refractivity contribution in [1.29, 1.82) is 0 Å². The number of halogens is 1. The molecular weight excluding hydrogens is 244 g/mol. The van der Waals surface area contributed by atoms with E-state index in [4.69, 9.17) is 15.9 Å². The van der Waals surface area contributed by atoms with Crippen molar-refractivity contribution in [2.24, 2.45) is 0 Å². The Bertz CT molecular complexity index is 514. The quantitative estimate of drug-likeness (QED) is 0.460. The van der Waals surface area contributed by atoms with E-state index in [-0.39, 0.29) is 0 Å². The summed E-state index contributed by atoms with van der Waals surface area (Å²) in [6.45, 7) is 2.04. The maximum Gasteiger partial charge on any atom is 0.0725 e. The smallest absolute Gasteiger partial charge is 0.0725 e. The van der Waals surface area contributed by atoms with Crippen LogP contribution in [0.25, 0.3) is 10.8 Å². The minimum Gasteiger partial charge on any atom is -0.227 e. The zero-order valence-corrected chi connectivity index (χ0v) is 10.6. The lowest BCUT2D eigenvalue weighted by Gasteiger charge is -2.06. The molecule has 0 fully saturated rings. The Morgan fingerprint density at radius 2 is 1.94 bits per heavy atom. The minimum atomic E-state index is 0.736. The Morgan fingerprint density at radius 1 is 1.12 bits per heavy atom. The van der Waals surface area contributed by atoms with Gasteiger partial charge in [-0.05, 0) is 41.5 Å². The second kappa shape index (κ2) is 5.06. The molecule has 4 heteroatoms. The molecule has 0 bridgehead atoms. The first-order valence-electron chi connectivity index (χ1n) is 4.78. The van der Waals surface area contributed by atoms with E-state index in [1.54, 1.807) is 0 Å². The molecule has 0 spiro atoms. The van der Waals surface area contributed by atoms with Gasteiger partial charge in [-0.25, -0.2) is 4.89 Å². The Morgan fingerprint density at radius 3 is 2.69 bits per heavy atom. The van der Waals surface area contributed by atoms with Gasteiger partial charge in [-0.15, -0.1) is 0 Å². The highest BCUT2D eigenvalue weighted by Gasteiger charge is 2.04. The van der Waals surface area contributed by atoms with Crippen molar-refractivity contribution >= 4 is 34.4 Å². The molecule has 0 saturated carbocycles. The fraction of sp³-hybridized carbons (Fsp3) is 0.167. The Kier molecular flexibility index (Phi) is 3.71. The standard InChI is InChI=1S/C12H11ClO2S/c1-8-5-9-3-4-11(13)6-10(9)7-12(8)16-15-14-2/h3-7H,1-2H3. The van der Waals surface area contributed by atoms with E-state index in [0.29, 0.717) is 0 Å². The third-order valence-electron chi connectivity index (χ3n) is 2.29. The molecule has 2 aromatic rings. The van der Waals surface area contributed by atoms with Crippen molar-refractivity contribution in [2.75, 3.05) is 7.11 Å². The molecule has 2 aromatic carbocycles. The van der Waals surface area contributed by atoms with Gasteiger partial charge in [-0.2, -0.15) is 4.33 Å². The summed E-state index contributed by atoms with van der Waals surface area (Å²) >= 11 is 7.15. The molecule has 2 nitrogen and oxygen atoms in total. The monoisotopic (exact) mass is 254 g/mol. The summed E-state index contributed by atoms with van der Waals surface area (Å²) in [7, 11) is 1.49. The SMILES string of the molecule is COOSc1cc2cc(Cl)ccc2cc1C. The summed E-state index contributed by atoms with van der Waals surface area (Å²) in [4.78, 5) is 5.60. The summed E-state index contributed by atoms with van der Waals surface area (Å²) < 4.78 is 4.86. The van der Waals surface area contributed by atoms with Crippen LogP contribution in [0.2, 0.25) is 5.02 Å². The maximum absolute atomic E-state index is 5.95. The molecule has 2 rings (SSSR count). The van der Waals surface area contributed by atoms with Gasteiger partial charge < -0.3 is 0 Å². The molecule has 0 atom stereocenters. The average molecular weight is 255 g/mol. The van der Waals surface area contributed by atoms with Crippen LogP contribution in [0.3, 0.4) is 0 Å². The first-order valence-corrected chi connectivity index (χ1v) is 5.90. The highest BCUT2D eigenvalue weighted by atomic mass is 35.5. The Balaban J connectivity index is 2.46. The van der Waals surface area contributed by atoms with Crippen molar-refractivity contribution in [3.05, 3.63) is 40.9 Å². The summed E-state index contributed by atoms with van der Waals surface area (Å²) in [5.74, 6) is 0. The molecule has 0 aliphatic carbocycles. The van der Waals surface area contributed by atoms with E-state index in [1.165, 1.54) is 24.5 Å². The van der Waals surface area contributed by atoms with Crippen LogP contribution in [0.15, 0.2) is 35.2 Å². The molecular formula is C12H11ClO2S. The third kappa shape index (κ3) is 2.50. The molecule has 16 heavy (non-hydrogen) atoms. The van der Waals surface area contributed by atoms with Crippen LogP contribution in [-0.2, 0) is 9.22 Å². The van der Waals surface area contributed by atoms with Crippen LogP contribution >= 0.6 is 23.6 Å². The largest absolute Gasteiger partial charge is 0.227 e. The number of hydrogen-bond acceptors (Lipinski definition) is 3. The van der Waals surface area contributed by atoms with Crippen molar-refractivity contribution in [3.8, 4) is 0 Å². The molecule has 0 saturated heterocycles. The van der Waals surface area contributed by atoms with Gasteiger partial charge in [0.05, 0.1) is 19.2 Å². The van der Waals surface area contributed by atoms with E-state index >= 15 is 0 Å². The fourth-order valence-electron chi connectivity index (χ4n) is 1.52. The van der Waals surface area contributed by atoms with Crippen LogP contribution < -0.4 is 0 Å². The zero-order chi connectivity index (χ0) is 11.5. The van der Waals surface area contributed by atoms with Gasteiger partial charge in [0.15, 0.2) is 0 Å². The second-order valence-corrected chi connectivity index (χ2v) is 4.61. The first kappa shape index (κ1) is 11.7. The van der Waals surface area contributed by atoms with E-state index in [2.05, 4.69) is 11.0 Å². The Hall–Kier alpha value is -0.740. The van der Waals surface area contributed by atoms with E-state index in [1.807, 2.05) is 31.2 Å². The number of hydrogen-bond donors (Lipinski definition) is 0. The van der Waals surface area contributed by atoms with Gasteiger partial charge in [0, 0.05) is 9.92 Å². The minimum absolute atomic E-state index is 0.736. The molecule has 84 valence electrons. The molecule has 0 heterocycles. The van der Waals surface area contributed by atoms with Gasteiger partial charge in [-0.3, -0.25) is 0 Å². The molecule has 0 aliphatic rings. The van der Waals surface area contributed by atoms with Crippen molar-refractivity contribution < 1.29 is 9.22 Å². The summed E-state index contributed by atoms with van der Waals surface area (Å²) in [5, 5.41) is 3.00. The highest BCUT2D eigenvalue weighted by Crippen LogP contribution is 2.29. The molecule has 0 aromatic heterocycles. The normalized spacial score (nSPS) is 10.9. The van der Waals surface area contributed by atoms with Gasteiger partial charge in [-0.1, -0.05) is 23.7 Å². The summed E-state index contributed by atoms with van der Waals surface area (Å²) in [5.41, 5.74) is 1.15. The average Bonchev–Trinajstić information content (AvgIpc) is 2.27. The highest BCUT2D eigenvalue weighted by molar-refractivity contribution is 7.94.